The fraction of sp³-hybridized carbons (Fsp3) is 0.0909. The van der Waals surface area contributed by atoms with Crippen LogP contribution in [-0.4, -0.2) is 40.6 Å². The summed E-state index contributed by atoms with van der Waals surface area (Å²) < 4.78 is 44.1. The molecule has 0 saturated carbocycles. The number of halogens is 4. The first kappa shape index (κ1) is 23.4. The van der Waals surface area contributed by atoms with Crippen LogP contribution in [0.3, 0.4) is 0 Å². The van der Waals surface area contributed by atoms with Crippen molar-refractivity contribution in [2.24, 2.45) is 5.73 Å². The van der Waals surface area contributed by atoms with Crippen molar-refractivity contribution < 1.29 is 18.0 Å². The van der Waals surface area contributed by atoms with Crippen molar-refractivity contribution in [3.8, 4) is 11.6 Å². The van der Waals surface area contributed by atoms with Crippen LogP contribution in [0.5, 0.6) is 0 Å². The summed E-state index contributed by atoms with van der Waals surface area (Å²) in [6.07, 6.45) is -1.40. The van der Waals surface area contributed by atoms with Crippen LogP contribution in [0.15, 0.2) is 61.1 Å². The number of nitrogens with one attached hydrogen (secondary N) is 1. The molecule has 0 bridgehead atoms. The van der Waals surface area contributed by atoms with Gasteiger partial charge in [-0.15, -0.1) is 5.10 Å². The van der Waals surface area contributed by atoms with E-state index in [9.17, 15) is 18.0 Å². The van der Waals surface area contributed by atoms with E-state index in [0.29, 0.717) is 15.9 Å². The number of aromatic nitrogens is 7. The Morgan fingerprint density at radius 2 is 1.89 bits per heavy atom. The van der Waals surface area contributed by atoms with E-state index in [1.165, 1.54) is 29.2 Å². The highest BCUT2D eigenvalue weighted by molar-refractivity contribution is 6.32. The van der Waals surface area contributed by atoms with Crippen molar-refractivity contribution in [3.05, 3.63) is 83.0 Å². The highest BCUT2D eigenvalue weighted by Gasteiger charge is 2.41. The third-order valence-electron chi connectivity index (χ3n) is 5.19. The second-order valence-corrected chi connectivity index (χ2v) is 7.91. The Hall–Kier alpha value is -4.36. The Bertz CT molecular complexity index is 1600. The number of pyridine rings is 2. The second-order valence-electron chi connectivity index (χ2n) is 7.50. The van der Waals surface area contributed by atoms with Crippen LogP contribution in [0.2, 0.25) is 5.02 Å². The highest BCUT2D eigenvalue weighted by atomic mass is 35.5. The van der Waals surface area contributed by atoms with Crippen molar-refractivity contribution in [1.29, 1.82) is 0 Å². The van der Waals surface area contributed by atoms with E-state index in [-0.39, 0.29) is 28.9 Å². The van der Waals surface area contributed by atoms with Gasteiger partial charge in [0.25, 0.3) is 5.91 Å². The van der Waals surface area contributed by atoms with E-state index in [4.69, 9.17) is 17.3 Å². The third kappa shape index (κ3) is 4.25. The molecule has 5 rings (SSSR count). The predicted molar refractivity (Wildman–Crippen MR) is 124 cm³/mol. The number of alkyl halides is 3. The number of nitrogens with two attached hydrogens (primary N) is 1. The molecule has 0 atom stereocenters. The Kier molecular flexibility index (Phi) is 5.86. The molecule has 4 heterocycles. The lowest BCUT2D eigenvalue weighted by Gasteiger charge is -2.13. The lowest BCUT2D eigenvalue weighted by atomic mass is 10.2. The number of hydrogen-bond donors (Lipinski definition) is 2. The number of carbonyl (C=O) groups excluding carboxylic acids is 1. The van der Waals surface area contributed by atoms with E-state index in [0.717, 1.165) is 11.6 Å². The maximum Gasteiger partial charge on any atom is 0.434 e. The maximum atomic E-state index is 14.1. The molecular formula is C22H15ClF3N9O. The van der Waals surface area contributed by atoms with E-state index in [1.54, 1.807) is 30.3 Å². The van der Waals surface area contributed by atoms with Gasteiger partial charge in [0.05, 0.1) is 46.1 Å². The van der Waals surface area contributed by atoms with E-state index in [1.807, 2.05) is 0 Å². The molecule has 36 heavy (non-hydrogen) atoms. The molecule has 182 valence electrons. The number of amides is 1. The van der Waals surface area contributed by atoms with Gasteiger partial charge in [0, 0.05) is 11.9 Å². The molecule has 4 aromatic heterocycles. The summed E-state index contributed by atoms with van der Waals surface area (Å²) in [5.74, 6) is -0.945. The number of hydrogen-bond acceptors (Lipinski definition) is 7. The first-order valence-electron chi connectivity index (χ1n) is 10.3. The molecule has 1 aromatic carbocycles. The average molecular weight is 514 g/mol. The molecule has 0 unspecified atom stereocenters. The lowest BCUT2D eigenvalue weighted by Crippen LogP contribution is -2.21. The molecule has 1 amide bonds. The summed E-state index contributed by atoms with van der Waals surface area (Å²) in [5, 5.41) is 14.6. The first-order valence-corrected chi connectivity index (χ1v) is 10.7. The van der Waals surface area contributed by atoms with Crippen LogP contribution < -0.4 is 11.1 Å². The Labute approximate surface area is 205 Å². The molecule has 14 heteroatoms. The zero-order chi connectivity index (χ0) is 25.4. The number of nitrogens with zero attached hydrogens (tertiary/aromatic N) is 7. The number of benzene rings is 1. The molecular weight excluding hydrogens is 499 g/mol. The van der Waals surface area contributed by atoms with Crippen molar-refractivity contribution in [2.75, 3.05) is 5.32 Å². The summed E-state index contributed by atoms with van der Waals surface area (Å²) in [6, 6.07) is 11.3. The predicted octanol–water partition coefficient (Wildman–Crippen LogP) is 3.78. The zero-order valence-electron chi connectivity index (χ0n) is 18.1. The first-order chi connectivity index (χ1) is 17.3. The van der Waals surface area contributed by atoms with Crippen LogP contribution in [0.4, 0.5) is 18.9 Å². The van der Waals surface area contributed by atoms with Crippen molar-refractivity contribution in [2.45, 2.75) is 12.7 Å². The van der Waals surface area contributed by atoms with Gasteiger partial charge in [0.1, 0.15) is 0 Å². The Balaban J connectivity index is 1.48. The maximum absolute atomic E-state index is 14.1. The average Bonchev–Trinajstić information content (AvgIpc) is 3.51. The van der Waals surface area contributed by atoms with Gasteiger partial charge < -0.3 is 11.1 Å². The van der Waals surface area contributed by atoms with Crippen LogP contribution in [-0.2, 0) is 12.7 Å². The number of anilines is 1. The molecule has 0 spiro atoms. The molecule has 0 radical (unpaired) electrons. The Morgan fingerprint density at radius 3 is 2.64 bits per heavy atom. The summed E-state index contributed by atoms with van der Waals surface area (Å²) in [6.45, 7) is 0.125. The second kappa shape index (κ2) is 9.02. The number of para-hydroxylation sites is 1. The minimum absolute atomic E-state index is 0.0628. The molecule has 10 nitrogen and oxygen atoms in total. The fourth-order valence-electron chi connectivity index (χ4n) is 3.56. The van der Waals surface area contributed by atoms with Crippen LogP contribution >= 0.6 is 11.6 Å². The van der Waals surface area contributed by atoms with Gasteiger partial charge in [-0.3, -0.25) is 4.79 Å². The summed E-state index contributed by atoms with van der Waals surface area (Å²) in [7, 11) is 0. The lowest BCUT2D eigenvalue weighted by molar-refractivity contribution is -0.143. The normalized spacial score (nSPS) is 11.7. The smallest absolute Gasteiger partial charge is 0.325 e. The van der Waals surface area contributed by atoms with Crippen molar-refractivity contribution in [1.82, 2.24) is 34.7 Å². The van der Waals surface area contributed by atoms with E-state index >= 15 is 0 Å². The number of fused-ring (bicyclic) bond motifs is 1. The molecule has 0 fully saturated rings. The minimum atomic E-state index is -4.90. The minimum Gasteiger partial charge on any atom is -0.325 e. The SMILES string of the molecule is NCc1cnnn1-c1ncc(NC(=O)c2cnn(-c3ccc4ccccc4n3)c2C(F)(F)F)cc1Cl. The molecule has 0 aliphatic heterocycles. The highest BCUT2D eigenvalue weighted by Crippen LogP contribution is 2.34. The van der Waals surface area contributed by atoms with Gasteiger partial charge in [-0.2, -0.15) is 23.0 Å². The molecule has 5 aromatic rings. The zero-order valence-corrected chi connectivity index (χ0v) is 18.9. The molecule has 0 aliphatic carbocycles. The van der Waals surface area contributed by atoms with Gasteiger partial charge in [-0.1, -0.05) is 35.0 Å². The van der Waals surface area contributed by atoms with Gasteiger partial charge in [0.2, 0.25) is 0 Å². The van der Waals surface area contributed by atoms with Crippen molar-refractivity contribution in [3.63, 3.8) is 0 Å². The third-order valence-corrected chi connectivity index (χ3v) is 5.47. The van der Waals surface area contributed by atoms with Crippen molar-refractivity contribution >= 4 is 34.1 Å². The monoisotopic (exact) mass is 513 g/mol. The summed E-state index contributed by atoms with van der Waals surface area (Å²) in [4.78, 5) is 21.3. The van der Waals surface area contributed by atoms with Crippen LogP contribution in [0.1, 0.15) is 21.7 Å². The molecule has 3 N–H and O–H groups in total. The van der Waals surface area contributed by atoms with Crippen LogP contribution in [0, 0.1) is 0 Å². The largest absolute Gasteiger partial charge is 0.434 e. The quantitative estimate of drug-likeness (QED) is 0.366. The Morgan fingerprint density at radius 1 is 1.08 bits per heavy atom. The van der Waals surface area contributed by atoms with Gasteiger partial charge >= 0.3 is 6.18 Å². The van der Waals surface area contributed by atoms with E-state index in [2.05, 4.69) is 30.7 Å². The number of carbonyl (C=O) groups is 1. The van der Waals surface area contributed by atoms with Crippen LogP contribution in [0.25, 0.3) is 22.5 Å². The molecule has 0 aliphatic rings. The standard InChI is InChI=1S/C22H15ClF3N9O/c23-16-7-13(9-28-20(16)34-14(8-27)10-29-33-34)31-21(36)15-11-30-35(19(15)22(24,25)26)18-6-5-12-3-1-2-4-17(12)32-18/h1-7,9-11H,8,27H2,(H,31,36). The summed E-state index contributed by atoms with van der Waals surface area (Å²) in [5.41, 5.74) is 4.74. The number of rotatable bonds is 5. The summed E-state index contributed by atoms with van der Waals surface area (Å²) >= 11 is 6.27. The van der Waals surface area contributed by atoms with Gasteiger partial charge in [-0.05, 0) is 24.3 Å². The van der Waals surface area contributed by atoms with Gasteiger partial charge in [0.15, 0.2) is 17.3 Å². The van der Waals surface area contributed by atoms with E-state index < -0.39 is 23.3 Å². The topological polar surface area (TPSA) is 129 Å². The fourth-order valence-corrected chi connectivity index (χ4v) is 3.81. The van der Waals surface area contributed by atoms with Gasteiger partial charge in [-0.25, -0.2) is 14.6 Å². The molecule has 0 saturated heterocycles.